The molecule has 8 heteroatoms. The molecule has 0 radical (unpaired) electrons. The maximum absolute atomic E-state index is 11.4. The molecule has 2 atom stereocenters. The number of hydrogen-bond acceptors (Lipinski definition) is 5. The van der Waals surface area contributed by atoms with Gasteiger partial charge < -0.3 is 24.9 Å². The number of carbonyl (C=O) groups is 1. The van der Waals surface area contributed by atoms with Gasteiger partial charge in [-0.2, -0.15) is 0 Å². The van der Waals surface area contributed by atoms with Gasteiger partial charge in [0.1, 0.15) is 18.8 Å². The lowest BCUT2D eigenvalue weighted by atomic mass is 10.1. The van der Waals surface area contributed by atoms with Gasteiger partial charge in [0, 0.05) is 5.69 Å². The van der Waals surface area contributed by atoms with E-state index in [0.717, 1.165) is 24.9 Å². The summed E-state index contributed by atoms with van der Waals surface area (Å²) in [5.41, 5.74) is 7.27. The quantitative estimate of drug-likeness (QED) is 0.401. The van der Waals surface area contributed by atoms with E-state index >= 15 is 0 Å². The molecule has 0 aromatic carbocycles. The molecule has 132 valence electrons. The number of nitrogens with two attached hydrogens (primary N) is 1. The van der Waals surface area contributed by atoms with Crippen LogP contribution in [0.2, 0.25) is 0 Å². The van der Waals surface area contributed by atoms with Gasteiger partial charge in [0.2, 0.25) is 0 Å². The third-order valence-electron chi connectivity index (χ3n) is 3.56. The second-order valence-corrected chi connectivity index (χ2v) is 6.06. The molecule has 24 heavy (non-hydrogen) atoms. The van der Waals surface area contributed by atoms with Gasteiger partial charge in [0.15, 0.2) is 0 Å². The summed E-state index contributed by atoms with van der Waals surface area (Å²) in [6, 6.07) is 3.68. The number of hydrogen-bond donors (Lipinski definition) is 3. The van der Waals surface area contributed by atoms with Crippen LogP contribution < -0.4 is 5.73 Å². The predicted octanol–water partition coefficient (Wildman–Crippen LogP) is 2.36. The van der Waals surface area contributed by atoms with E-state index in [1.165, 1.54) is 0 Å². The molecule has 2 heterocycles. The number of carbonyl (C=O) groups excluding carboxylic acids is 1. The molecular formula is C16H24N4O4. The molecule has 1 fully saturated rings. The van der Waals surface area contributed by atoms with E-state index in [0.29, 0.717) is 12.3 Å². The number of aliphatic imine (C=N–C) groups is 1. The van der Waals surface area contributed by atoms with Crippen LogP contribution in [0.15, 0.2) is 17.1 Å². The topological polar surface area (TPSA) is 123 Å². The highest BCUT2D eigenvalue weighted by Gasteiger charge is 2.28. The number of aromatic nitrogens is 1. The fraction of sp³-hybridized carbons (Fsp3) is 0.562. The Morgan fingerprint density at radius 3 is 3.00 bits per heavy atom. The lowest BCUT2D eigenvalue weighted by Gasteiger charge is -2.13. The van der Waals surface area contributed by atoms with Gasteiger partial charge in [-0.15, -0.1) is 0 Å². The fourth-order valence-corrected chi connectivity index (χ4v) is 2.38. The molecule has 0 bridgehead atoms. The fourth-order valence-electron chi connectivity index (χ4n) is 2.38. The first-order valence-electron chi connectivity index (χ1n) is 7.96. The first kappa shape index (κ1) is 18.0. The van der Waals surface area contributed by atoms with Crippen LogP contribution in [0.1, 0.15) is 44.2 Å². The van der Waals surface area contributed by atoms with Crippen LogP contribution in [-0.4, -0.2) is 42.6 Å². The van der Waals surface area contributed by atoms with Crippen molar-refractivity contribution in [2.24, 2.45) is 16.6 Å². The van der Waals surface area contributed by atoms with E-state index in [9.17, 15) is 4.79 Å². The number of aromatic amines is 1. The molecule has 0 saturated carbocycles. The highest BCUT2D eigenvalue weighted by atomic mass is 16.7. The molecule has 2 unspecified atom stereocenters. The Morgan fingerprint density at radius 1 is 1.50 bits per heavy atom. The van der Waals surface area contributed by atoms with Crippen molar-refractivity contribution in [1.29, 1.82) is 5.41 Å². The van der Waals surface area contributed by atoms with E-state index in [-0.39, 0.29) is 30.6 Å². The van der Waals surface area contributed by atoms with Crippen molar-refractivity contribution in [3.05, 3.63) is 23.5 Å². The van der Waals surface area contributed by atoms with Crippen LogP contribution in [-0.2, 0) is 14.2 Å². The smallest absolute Gasteiger partial charge is 0.434 e. The molecular weight excluding hydrogens is 312 g/mol. The zero-order valence-electron chi connectivity index (χ0n) is 14.0. The van der Waals surface area contributed by atoms with Gasteiger partial charge in [0.25, 0.3) is 0 Å². The van der Waals surface area contributed by atoms with Crippen LogP contribution in [0, 0.1) is 11.3 Å². The molecule has 1 aliphatic rings. The normalized spacial score (nSPS) is 21.0. The van der Waals surface area contributed by atoms with Crippen LogP contribution >= 0.6 is 0 Å². The minimum Gasteiger partial charge on any atom is -0.434 e. The Balaban J connectivity index is 1.80. The second-order valence-electron chi connectivity index (χ2n) is 6.06. The zero-order valence-corrected chi connectivity index (χ0v) is 14.0. The largest absolute Gasteiger partial charge is 0.508 e. The lowest BCUT2D eigenvalue weighted by molar-refractivity contribution is -0.0187. The monoisotopic (exact) mass is 336 g/mol. The first-order chi connectivity index (χ1) is 11.5. The Morgan fingerprint density at radius 2 is 2.29 bits per heavy atom. The number of amidine groups is 1. The Bertz CT molecular complexity index is 597. The minimum atomic E-state index is -0.659. The molecule has 1 aromatic heterocycles. The highest BCUT2D eigenvalue weighted by Crippen LogP contribution is 2.32. The van der Waals surface area contributed by atoms with E-state index in [1.54, 1.807) is 6.07 Å². The van der Waals surface area contributed by atoms with Gasteiger partial charge >= 0.3 is 6.16 Å². The van der Waals surface area contributed by atoms with Crippen molar-refractivity contribution in [2.45, 2.75) is 38.9 Å². The van der Waals surface area contributed by atoms with Crippen molar-refractivity contribution in [2.75, 3.05) is 13.2 Å². The van der Waals surface area contributed by atoms with E-state index in [1.807, 2.05) is 19.9 Å². The number of H-pyrrole nitrogens is 1. The third-order valence-corrected chi connectivity index (χ3v) is 3.56. The van der Waals surface area contributed by atoms with Gasteiger partial charge in [-0.05, 0) is 30.9 Å². The van der Waals surface area contributed by atoms with Crippen molar-refractivity contribution in [3.8, 4) is 0 Å². The molecule has 0 spiro atoms. The summed E-state index contributed by atoms with van der Waals surface area (Å²) in [4.78, 5) is 18.3. The van der Waals surface area contributed by atoms with Crippen molar-refractivity contribution in [1.82, 2.24) is 4.98 Å². The average molecular weight is 336 g/mol. The Labute approximate surface area is 140 Å². The molecule has 1 aliphatic heterocycles. The molecule has 1 aromatic rings. The predicted molar refractivity (Wildman–Crippen MR) is 89.3 cm³/mol. The van der Waals surface area contributed by atoms with Crippen LogP contribution in [0.5, 0.6) is 0 Å². The van der Waals surface area contributed by atoms with Crippen molar-refractivity contribution in [3.63, 3.8) is 0 Å². The zero-order chi connectivity index (χ0) is 17.5. The summed E-state index contributed by atoms with van der Waals surface area (Å²) in [6.45, 7) is 4.44. The van der Waals surface area contributed by atoms with Crippen molar-refractivity contribution >= 4 is 18.3 Å². The van der Waals surface area contributed by atoms with Crippen LogP contribution in [0.3, 0.4) is 0 Å². The molecule has 8 nitrogen and oxygen atoms in total. The summed E-state index contributed by atoms with van der Waals surface area (Å²) in [6.07, 6.45) is 1.59. The van der Waals surface area contributed by atoms with Crippen molar-refractivity contribution < 1.29 is 19.0 Å². The summed E-state index contributed by atoms with van der Waals surface area (Å²) in [7, 11) is 0. The van der Waals surface area contributed by atoms with Gasteiger partial charge in [-0.25, -0.2) is 9.79 Å². The summed E-state index contributed by atoms with van der Waals surface area (Å²) >= 11 is 0. The van der Waals surface area contributed by atoms with Gasteiger partial charge in [0.05, 0.1) is 24.5 Å². The summed E-state index contributed by atoms with van der Waals surface area (Å²) < 4.78 is 15.9. The molecule has 0 amide bonds. The standard InChI is InChI=1S/C16H24N4O4/c1-10(2)7-22-16(21)23-8-11-3-6-14(24-11)12-4-5-13(20-12)15(18)19-9-17/h4-5,9-11,14,20H,3,6-8H2,1-2H3,(H3,17,18,19). The first-order valence-corrected chi connectivity index (χ1v) is 7.96. The lowest BCUT2D eigenvalue weighted by Crippen LogP contribution is -2.20. The number of ether oxygens (including phenoxy) is 3. The summed E-state index contributed by atoms with van der Waals surface area (Å²) in [5, 5.41) is 6.93. The highest BCUT2D eigenvalue weighted by molar-refractivity contribution is 5.99. The maximum atomic E-state index is 11.4. The maximum Gasteiger partial charge on any atom is 0.508 e. The van der Waals surface area contributed by atoms with Gasteiger partial charge in [-0.3, -0.25) is 5.41 Å². The number of nitrogens with one attached hydrogen (secondary N) is 2. The van der Waals surface area contributed by atoms with E-state index in [2.05, 4.69) is 9.98 Å². The SMILES string of the molecule is CC(C)COC(=O)OCC1CCC(c2ccc(C(N)=NC=N)[nH]2)O1. The third kappa shape index (κ3) is 5.09. The Hall–Kier alpha value is -2.35. The molecule has 1 saturated heterocycles. The average Bonchev–Trinajstić information content (AvgIpc) is 3.20. The second kappa shape index (κ2) is 8.49. The minimum absolute atomic E-state index is 0.105. The Kier molecular flexibility index (Phi) is 6.36. The molecule has 2 rings (SSSR count). The van der Waals surface area contributed by atoms with Gasteiger partial charge in [-0.1, -0.05) is 13.8 Å². The molecule has 0 aliphatic carbocycles. The van der Waals surface area contributed by atoms with Crippen LogP contribution in [0.4, 0.5) is 4.79 Å². The van der Waals surface area contributed by atoms with Crippen LogP contribution in [0.25, 0.3) is 0 Å². The van der Waals surface area contributed by atoms with E-state index < -0.39 is 6.16 Å². The number of nitrogens with zero attached hydrogens (tertiary/aromatic N) is 1. The van der Waals surface area contributed by atoms with E-state index in [4.69, 9.17) is 25.4 Å². The number of rotatable bonds is 7. The molecule has 4 N–H and O–H groups in total. The summed E-state index contributed by atoms with van der Waals surface area (Å²) in [5.74, 6) is 0.525.